The van der Waals surface area contributed by atoms with Gasteiger partial charge in [-0.25, -0.2) is 5.43 Å². The second kappa shape index (κ2) is 12.0. The zero-order valence-electron chi connectivity index (χ0n) is 18.1. The van der Waals surface area contributed by atoms with Crippen LogP contribution in [0.15, 0.2) is 94.2 Å². The molecule has 0 aliphatic rings. The molecule has 1 aromatic heterocycles. The Labute approximate surface area is 221 Å². The zero-order chi connectivity index (χ0) is 24.6. The Morgan fingerprint density at radius 1 is 0.943 bits per heavy atom. The number of nitrogens with one attached hydrogen (secondary N) is 1. The number of hydrogen-bond acceptors (Lipinski definition) is 5. The Morgan fingerprint density at radius 2 is 1.60 bits per heavy atom. The maximum absolute atomic E-state index is 12.4. The zero-order valence-corrected chi connectivity index (χ0v) is 21.2. The summed E-state index contributed by atoms with van der Waals surface area (Å²) in [5.74, 6) is 0.376. The predicted octanol–water partition coefficient (Wildman–Crippen LogP) is 6.72. The fraction of sp³-hybridized carbons (Fsp3) is 0.0400. The van der Waals surface area contributed by atoms with Gasteiger partial charge in [-0.2, -0.15) is 5.10 Å². The molecule has 3 aromatic carbocycles. The molecule has 0 spiro atoms. The van der Waals surface area contributed by atoms with Gasteiger partial charge in [0.05, 0.1) is 17.0 Å². The van der Waals surface area contributed by atoms with E-state index in [0.29, 0.717) is 26.1 Å². The monoisotopic (exact) mass is 541 g/mol. The second-order valence-corrected chi connectivity index (χ2v) is 9.40. The Balaban J connectivity index is 1.47. The summed E-state index contributed by atoms with van der Waals surface area (Å²) in [4.78, 5) is 12.4. The van der Waals surface area contributed by atoms with Crippen LogP contribution in [0, 0.1) is 0 Å². The van der Waals surface area contributed by atoms with Crippen molar-refractivity contribution in [3.63, 3.8) is 0 Å². The molecule has 1 N–H and O–H groups in total. The van der Waals surface area contributed by atoms with Crippen molar-refractivity contribution >= 4 is 64.8 Å². The van der Waals surface area contributed by atoms with E-state index >= 15 is 0 Å². The molecule has 0 aliphatic carbocycles. The minimum absolute atomic E-state index is 0.0731. The van der Waals surface area contributed by atoms with Gasteiger partial charge in [0.1, 0.15) is 0 Å². The highest BCUT2D eigenvalue weighted by Gasteiger charge is 2.17. The Bertz CT molecular complexity index is 1350. The van der Waals surface area contributed by atoms with Crippen LogP contribution in [0.4, 0.5) is 0 Å². The first-order valence-corrected chi connectivity index (χ1v) is 12.5. The van der Waals surface area contributed by atoms with Crippen LogP contribution in [0.1, 0.15) is 5.56 Å². The van der Waals surface area contributed by atoms with Crippen molar-refractivity contribution in [2.45, 2.75) is 5.16 Å². The molecule has 1 amide bonds. The van der Waals surface area contributed by atoms with Crippen molar-refractivity contribution in [2.24, 2.45) is 5.10 Å². The molecule has 0 radical (unpaired) electrons. The van der Waals surface area contributed by atoms with Crippen molar-refractivity contribution in [3.05, 3.63) is 99.5 Å². The summed E-state index contributed by atoms with van der Waals surface area (Å²) >= 11 is 19.5. The fourth-order valence-corrected chi connectivity index (χ4v) is 4.22. The van der Waals surface area contributed by atoms with Gasteiger partial charge in [0, 0.05) is 21.3 Å². The summed E-state index contributed by atoms with van der Waals surface area (Å²) in [7, 11) is 0. The number of carbonyl (C=O) groups is 1. The number of halogens is 3. The number of hydrazone groups is 1. The van der Waals surface area contributed by atoms with Crippen molar-refractivity contribution < 1.29 is 4.79 Å². The minimum atomic E-state index is -0.311. The standard InChI is InChI=1S/C25H18Cl3N5OS/c26-19-8-6-18(7-9-19)24-31-32-25(33(24)22-12-10-20(27)11-13-22)35-16-23(34)30-29-15-21(28)14-17-4-2-1-3-5-17/h1-15H,16H2,(H,30,34). The summed E-state index contributed by atoms with van der Waals surface area (Å²) in [6, 6.07) is 24.2. The van der Waals surface area contributed by atoms with Gasteiger partial charge < -0.3 is 0 Å². The average Bonchev–Trinajstić information content (AvgIpc) is 3.28. The van der Waals surface area contributed by atoms with Gasteiger partial charge in [-0.05, 0) is 60.2 Å². The summed E-state index contributed by atoms with van der Waals surface area (Å²) < 4.78 is 1.86. The van der Waals surface area contributed by atoms with E-state index < -0.39 is 0 Å². The van der Waals surface area contributed by atoms with Crippen molar-refractivity contribution in [3.8, 4) is 17.1 Å². The molecular formula is C25H18Cl3N5OS. The molecule has 4 rings (SSSR count). The highest BCUT2D eigenvalue weighted by Crippen LogP contribution is 2.29. The molecular weight excluding hydrogens is 525 g/mol. The van der Waals surface area contributed by atoms with Crippen LogP contribution in [-0.2, 0) is 4.79 Å². The second-order valence-electron chi connectivity index (χ2n) is 7.15. The summed E-state index contributed by atoms with van der Waals surface area (Å²) in [6.45, 7) is 0. The third-order valence-corrected chi connectivity index (χ3v) is 6.27. The topological polar surface area (TPSA) is 72.2 Å². The molecule has 0 aliphatic heterocycles. The smallest absolute Gasteiger partial charge is 0.250 e. The number of amides is 1. The number of rotatable bonds is 8. The van der Waals surface area contributed by atoms with Gasteiger partial charge in [-0.3, -0.25) is 9.36 Å². The van der Waals surface area contributed by atoms with Crippen LogP contribution in [0.3, 0.4) is 0 Å². The van der Waals surface area contributed by atoms with E-state index in [4.69, 9.17) is 34.8 Å². The van der Waals surface area contributed by atoms with E-state index in [2.05, 4.69) is 20.7 Å². The van der Waals surface area contributed by atoms with Gasteiger partial charge >= 0.3 is 0 Å². The third-order valence-electron chi connectivity index (χ3n) is 4.63. The quantitative estimate of drug-likeness (QED) is 0.152. The Hall–Kier alpha value is -3.10. The number of thioether (sulfide) groups is 1. The van der Waals surface area contributed by atoms with Crippen LogP contribution < -0.4 is 5.43 Å². The maximum Gasteiger partial charge on any atom is 0.250 e. The lowest BCUT2D eigenvalue weighted by Gasteiger charge is -2.10. The van der Waals surface area contributed by atoms with Crippen LogP contribution >= 0.6 is 46.6 Å². The lowest BCUT2D eigenvalue weighted by molar-refractivity contribution is -0.118. The molecule has 0 fully saturated rings. The summed E-state index contributed by atoms with van der Waals surface area (Å²) in [6.07, 6.45) is 3.13. The van der Waals surface area contributed by atoms with E-state index in [1.165, 1.54) is 18.0 Å². The number of nitrogens with zero attached hydrogens (tertiary/aromatic N) is 4. The van der Waals surface area contributed by atoms with E-state index in [9.17, 15) is 4.79 Å². The van der Waals surface area contributed by atoms with Crippen molar-refractivity contribution in [1.29, 1.82) is 0 Å². The van der Waals surface area contributed by atoms with Gasteiger partial charge in [0.25, 0.3) is 5.91 Å². The highest BCUT2D eigenvalue weighted by atomic mass is 35.5. The Morgan fingerprint density at radius 3 is 2.29 bits per heavy atom. The lowest BCUT2D eigenvalue weighted by atomic mass is 10.2. The van der Waals surface area contributed by atoms with Crippen molar-refractivity contribution in [2.75, 3.05) is 5.75 Å². The number of benzene rings is 3. The van der Waals surface area contributed by atoms with Crippen LogP contribution in [0.5, 0.6) is 0 Å². The van der Waals surface area contributed by atoms with Gasteiger partial charge in [0.2, 0.25) is 0 Å². The number of allylic oxidation sites excluding steroid dienone is 1. The first kappa shape index (κ1) is 25.0. The van der Waals surface area contributed by atoms with E-state index in [1.54, 1.807) is 30.3 Å². The lowest BCUT2D eigenvalue weighted by Crippen LogP contribution is -2.19. The third kappa shape index (κ3) is 6.96. The maximum atomic E-state index is 12.4. The highest BCUT2D eigenvalue weighted by molar-refractivity contribution is 7.99. The Kier molecular flexibility index (Phi) is 8.60. The van der Waals surface area contributed by atoms with E-state index in [-0.39, 0.29) is 11.7 Å². The average molecular weight is 543 g/mol. The van der Waals surface area contributed by atoms with Crippen molar-refractivity contribution in [1.82, 2.24) is 20.2 Å². The van der Waals surface area contributed by atoms with Crippen LogP contribution in [0.2, 0.25) is 10.0 Å². The molecule has 10 heteroatoms. The molecule has 6 nitrogen and oxygen atoms in total. The van der Waals surface area contributed by atoms with Gasteiger partial charge in [-0.15, -0.1) is 10.2 Å². The van der Waals surface area contributed by atoms with Crippen LogP contribution in [-0.4, -0.2) is 32.6 Å². The predicted molar refractivity (Wildman–Crippen MR) is 144 cm³/mol. The fourth-order valence-electron chi connectivity index (χ4n) is 3.05. The summed E-state index contributed by atoms with van der Waals surface area (Å²) in [5, 5.41) is 14.7. The molecule has 0 saturated heterocycles. The molecule has 1 heterocycles. The molecule has 4 aromatic rings. The van der Waals surface area contributed by atoms with Gasteiger partial charge in [0.15, 0.2) is 11.0 Å². The molecule has 35 heavy (non-hydrogen) atoms. The first-order chi connectivity index (χ1) is 17.0. The largest absolute Gasteiger partial charge is 0.272 e. The van der Waals surface area contributed by atoms with Gasteiger partial charge in [-0.1, -0.05) is 76.9 Å². The molecule has 0 saturated carbocycles. The normalized spacial score (nSPS) is 11.7. The number of hydrogen-bond donors (Lipinski definition) is 1. The van der Waals surface area contributed by atoms with E-state index in [0.717, 1.165) is 16.8 Å². The summed E-state index contributed by atoms with van der Waals surface area (Å²) in [5.41, 5.74) is 5.05. The number of carbonyl (C=O) groups excluding carboxylic acids is 1. The molecule has 176 valence electrons. The molecule has 0 atom stereocenters. The first-order valence-electron chi connectivity index (χ1n) is 10.3. The minimum Gasteiger partial charge on any atom is -0.272 e. The number of aromatic nitrogens is 3. The van der Waals surface area contributed by atoms with E-state index in [1.807, 2.05) is 59.2 Å². The molecule has 0 unspecified atom stereocenters. The SMILES string of the molecule is O=C(CSc1nnc(-c2ccc(Cl)cc2)n1-c1ccc(Cl)cc1)NN=CC(Cl)=Cc1ccccc1. The van der Waals surface area contributed by atoms with Crippen LogP contribution in [0.25, 0.3) is 23.2 Å². The molecule has 0 bridgehead atoms.